The standard InChI is InChI=1S/C7H13N3O2/c1-9-5-10-4-2-3-6(8)7(11)12/h5,8H,2-4H2,1H3,(H,9,10)(H,11,12). The van der Waals surface area contributed by atoms with Crippen LogP contribution in [0, 0.1) is 5.41 Å². The minimum absolute atomic E-state index is 0.245. The van der Waals surface area contributed by atoms with Gasteiger partial charge in [0.1, 0.15) is 5.71 Å². The monoisotopic (exact) mass is 171 g/mol. The smallest absolute Gasteiger partial charge is 0.349 e. The van der Waals surface area contributed by atoms with Crippen LogP contribution in [0.15, 0.2) is 4.99 Å². The molecule has 0 saturated heterocycles. The normalized spacial score (nSPS) is 10.1. The van der Waals surface area contributed by atoms with E-state index in [9.17, 15) is 4.79 Å². The number of rotatable bonds is 6. The number of hydrogen-bond acceptors (Lipinski definition) is 3. The molecule has 0 rings (SSSR count). The Hall–Kier alpha value is -1.39. The van der Waals surface area contributed by atoms with Crippen LogP contribution in [-0.4, -0.2) is 36.7 Å². The largest absolute Gasteiger partial charge is 0.477 e. The third-order valence-corrected chi connectivity index (χ3v) is 1.23. The van der Waals surface area contributed by atoms with Crippen molar-refractivity contribution in [3.63, 3.8) is 0 Å². The second-order valence-corrected chi connectivity index (χ2v) is 2.23. The van der Waals surface area contributed by atoms with Crippen LogP contribution in [0.25, 0.3) is 0 Å². The van der Waals surface area contributed by atoms with E-state index in [1.54, 1.807) is 13.4 Å². The van der Waals surface area contributed by atoms with Crippen molar-refractivity contribution in [3.05, 3.63) is 0 Å². The van der Waals surface area contributed by atoms with Crippen molar-refractivity contribution >= 4 is 18.0 Å². The Morgan fingerprint density at radius 3 is 2.92 bits per heavy atom. The Bertz CT molecular complexity index is 189. The van der Waals surface area contributed by atoms with Crippen molar-refractivity contribution in [1.29, 1.82) is 5.41 Å². The second-order valence-electron chi connectivity index (χ2n) is 2.23. The van der Waals surface area contributed by atoms with Gasteiger partial charge in [-0.15, -0.1) is 0 Å². The van der Waals surface area contributed by atoms with E-state index in [1.807, 2.05) is 0 Å². The third-order valence-electron chi connectivity index (χ3n) is 1.23. The number of carboxylic acid groups (broad SMARTS) is 1. The Balaban J connectivity index is 3.32. The van der Waals surface area contributed by atoms with Gasteiger partial charge in [0.05, 0.1) is 6.34 Å². The highest BCUT2D eigenvalue weighted by Gasteiger charge is 2.04. The summed E-state index contributed by atoms with van der Waals surface area (Å²) in [6.07, 6.45) is 2.47. The zero-order valence-corrected chi connectivity index (χ0v) is 7.00. The first kappa shape index (κ1) is 10.6. The molecule has 0 amide bonds. The highest BCUT2D eigenvalue weighted by Crippen LogP contribution is 1.89. The fourth-order valence-corrected chi connectivity index (χ4v) is 0.630. The van der Waals surface area contributed by atoms with Crippen molar-refractivity contribution in [2.45, 2.75) is 12.8 Å². The van der Waals surface area contributed by atoms with Crippen LogP contribution < -0.4 is 5.32 Å². The molecular formula is C7H13N3O2. The fourth-order valence-electron chi connectivity index (χ4n) is 0.630. The number of nitrogens with zero attached hydrogens (tertiary/aromatic N) is 1. The predicted molar refractivity (Wildman–Crippen MR) is 47.0 cm³/mol. The molecule has 0 aliphatic heterocycles. The van der Waals surface area contributed by atoms with Gasteiger partial charge in [-0.05, 0) is 12.8 Å². The Kier molecular flexibility index (Phi) is 5.60. The van der Waals surface area contributed by atoms with Crippen LogP contribution >= 0.6 is 0 Å². The van der Waals surface area contributed by atoms with E-state index in [0.29, 0.717) is 19.4 Å². The molecule has 0 fully saturated rings. The SMILES string of the molecule is CN=CNCCCC(=N)C(=O)O. The van der Waals surface area contributed by atoms with Gasteiger partial charge in [-0.3, -0.25) is 10.4 Å². The molecule has 3 N–H and O–H groups in total. The maximum atomic E-state index is 10.1. The molecule has 0 aromatic carbocycles. The number of aliphatic carboxylic acids is 1. The molecule has 12 heavy (non-hydrogen) atoms. The van der Waals surface area contributed by atoms with Crippen molar-refractivity contribution in [2.24, 2.45) is 4.99 Å². The average molecular weight is 171 g/mol. The minimum atomic E-state index is -1.14. The molecule has 0 aliphatic rings. The molecule has 0 unspecified atom stereocenters. The van der Waals surface area contributed by atoms with Gasteiger partial charge < -0.3 is 10.4 Å². The van der Waals surface area contributed by atoms with E-state index >= 15 is 0 Å². The number of carbonyl (C=O) groups is 1. The summed E-state index contributed by atoms with van der Waals surface area (Å²) in [6, 6.07) is 0. The van der Waals surface area contributed by atoms with Gasteiger partial charge >= 0.3 is 5.97 Å². The molecule has 0 aliphatic carbocycles. The number of aliphatic imine (C=N–C) groups is 1. The van der Waals surface area contributed by atoms with Crippen LogP contribution in [0.3, 0.4) is 0 Å². The number of carboxylic acids is 1. The molecule has 0 atom stereocenters. The number of hydrogen-bond donors (Lipinski definition) is 3. The fraction of sp³-hybridized carbons (Fsp3) is 0.571. The van der Waals surface area contributed by atoms with Gasteiger partial charge in [-0.1, -0.05) is 0 Å². The van der Waals surface area contributed by atoms with E-state index in [2.05, 4.69) is 10.3 Å². The highest BCUT2D eigenvalue weighted by molar-refractivity contribution is 6.34. The molecule has 0 saturated carbocycles. The predicted octanol–water partition coefficient (Wildman–Crippen LogP) is 0.119. The molecule has 68 valence electrons. The quantitative estimate of drug-likeness (QED) is 0.301. The summed E-state index contributed by atoms with van der Waals surface area (Å²) >= 11 is 0. The maximum Gasteiger partial charge on any atom is 0.349 e. The van der Waals surface area contributed by atoms with Crippen LogP contribution in [0.2, 0.25) is 0 Å². The van der Waals surface area contributed by atoms with Gasteiger partial charge in [-0.25, -0.2) is 4.79 Å². The van der Waals surface area contributed by atoms with Gasteiger partial charge in [0.25, 0.3) is 0 Å². The van der Waals surface area contributed by atoms with Crippen molar-refractivity contribution in [2.75, 3.05) is 13.6 Å². The first-order valence-corrected chi connectivity index (χ1v) is 3.63. The van der Waals surface area contributed by atoms with Crippen molar-refractivity contribution < 1.29 is 9.90 Å². The van der Waals surface area contributed by atoms with E-state index in [1.165, 1.54) is 0 Å². The van der Waals surface area contributed by atoms with Crippen LogP contribution in [0.4, 0.5) is 0 Å². The molecular weight excluding hydrogens is 158 g/mol. The van der Waals surface area contributed by atoms with E-state index in [0.717, 1.165) is 0 Å². The molecule has 5 heteroatoms. The molecule has 0 radical (unpaired) electrons. The summed E-state index contributed by atoms with van der Waals surface area (Å²) in [5.74, 6) is -1.14. The average Bonchev–Trinajstić information content (AvgIpc) is 2.03. The molecule has 0 aromatic heterocycles. The molecule has 0 spiro atoms. The molecule has 0 aromatic rings. The Morgan fingerprint density at radius 2 is 2.42 bits per heavy atom. The first-order chi connectivity index (χ1) is 5.68. The lowest BCUT2D eigenvalue weighted by molar-refractivity contribution is -0.129. The lowest BCUT2D eigenvalue weighted by atomic mass is 10.2. The van der Waals surface area contributed by atoms with Crippen LogP contribution in [-0.2, 0) is 4.79 Å². The first-order valence-electron chi connectivity index (χ1n) is 3.63. The van der Waals surface area contributed by atoms with E-state index in [-0.39, 0.29) is 5.71 Å². The summed E-state index contributed by atoms with van der Waals surface area (Å²) in [4.78, 5) is 13.8. The molecule has 5 nitrogen and oxygen atoms in total. The lowest BCUT2D eigenvalue weighted by Crippen LogP contribution is -2.16. The van der Waals surface area contributed by atoms with E-state index in [4.69, 9.17) is 10.5 Å². The van der Waals surface area contributed by atoms with Gasteiger partial charge in [-0.2, -0.15) is 0 Å². The summed E-state index contributed by atoms with van der Waals surface area (Å²) in [5.41, 5.74) is -0.245. The zero-order valence-electron chi connectivity index (χ0n) is 7.00. The summed E-state index contributed by atoms with van der Waals surface area (Å²) in [6.45, 7) is 0.646. The Morgan fingerprint density at radius 1 is 1.75 bits per heavy atom. The molecule has 0 bridgehead atoms. The zero-order chi connectivity index (χ0) is 9.40. The van der Waals surface area contributed by atoms with Crippen molar-refractivity contribution in [3.8, 4) is 0 Å². The van der Waals surface area contributed by atoms with Gasteiger partial charge in [0, 0.05) is 13.6 Å². The summed E-state index contributed by atoms with van der Waals surface area (Å²) < 4.78 is 0. The van der Waals surface area contributed by atoms with E-state index < -0.39 is 5.97 Å². The lowest BCUT2D eigenvalue weighted by Gasteiger charge is -1.98. The van der Waals surface area contributed by atoms with Crippen molar-refractivity contribution in [1.82, 2.24) is 5.32 Å². The van der Waals surface area contributed by atoms with Crippen LogP contribution in [0.5, 0.6) is 0 Å². The second kappa shape index (κ2) is 6.33. The highest BCUT2D eigenvalue weighted by atomic mass is 16.4. The maximum absolute atomic E-state index is 10.1. The Labute approximate surface area is 71.0 Å². The van der Waals surface area contributed by atoms with Crippen LogP contribution in [0.1, 0.15) is 12.8 Å². The summed E-state index contributed by atoms with van der Waals surface area (Å²) in [5, 5.41) is 18.1. The summed E-state index contributed by atoms with van der Waals surface area (Å²) in [7, 11) is 1.65. The van der Waals surface area contributed by atoms with Gasteiger partial charge in [0.15, 0.2) is 0 Å². The third kappa shape index (κ3) is 5.40. The minimum Gasteiger partial charge on any atom is -0.477 e. The molecule has 0 heterocycles. The topological polar surface area (TPSA) is 85.5 Å². The number of nitrogens with one attached hydrogen (secondary N) is 2. The van der Waals surface area contributed by atoms with Gasteiger partial charge in [0.2, 0.25) is 0 Å².